The van der Waals surface area contributed by atoms with Gasteiger partial charge in [0.1, 0.15) is 5.60 Å². The number of nitrogens with one attached hydrogen (secondary N) is 1. The molecule has 2 aliphatic carbocycles. The second-order valence-corrected chi connectivity index (χ2v) is 8.73. The molecule has 4 heteroatoms. The van der Waals surface area contributed by atoms with Crippen LogP contribution in [-0.2, 0) is 4.74 Å². The maximum atomic E-state index is 12.6. The molecule has 1 saturated heterocycles. The molecule has 0 spiro atoms. The van der Waals surface area contributed by atoms with Crippen molar-refractivity contribution < 1.29 is 9.53 Å². The molecular weight excluding hydrogens is 288 g/mol. The summed E-state index contributed by atoms with van der Waals surface area (Å²) in [5.74, 6) is 0.611. The SMILES string of the molecule is CC(C)(C)OC(=O)N1CCCC1C1CCCCC1NC1CCC1. The monoisotopic (exact) mass is 322 g/mol. The number of ether oxygens (including phenoxy) is 1. The van der Waals surface area contributed by atoms with E-state index >= 15 is 0 Å². The first-order valence-corrected chi connectivity index (χ1v) is 9.70. The van der Waals surface area contributed by atoms with Gasteiger partial charge < -0.3 is 15.0 Å². The van der Waals surface area contributed by atoms with Crippen LogP contribution in [0.1, 0.15) is 78.6 Å². The van der Waals surface area contributed by atoms with Crippen molar-refractivity contribution in [3.8, 4) is 0 Å². The summed E-state index contributed by atoms with van der Waals surface area (Å²) in [6.45, 7) is 6.73. The maximum absolute atomic E-state index is 12.6. The zero-order chi connectivity index (χ0) is 16.4. The van der Waals surface area contributed by atoms with Gasteiger partial charge in [0.2, 0.25) is 0 Å². The first-order chi connectivity index (χ1) is 10.9. The van der Waals surface area contributed by atoms with Gasteiger partial charge in [0, 0.05) is 24.7 Å². The quantitative estimate of drug-likeness (QED) is 0.851. The van der Waals surface area contributed by atoms with E-state index in [2.05, 4.69) is 5.32 Å². The van der Waals surface area contributed by atoms with Crippen LogP contribution in [-0.4, -0.2) is 41.3 Å². The van der Waals surface area contributed by atoms with Crippen molar-refractivity contribution in [2.45, 2.75) is 102 Å². The lowest BCUT2D eigenvalue weighted by atomic mass is 9.77. The molecule has 132 valence electrons. The number of amides is 1. The second kappa shape index (κ2) is 7.00. The van der Waals surface area contributed by atoms with Crippen molar-refractivity contribution in [1.29, 1.82) is 0 Å². The molecular formula is C19H34N2O2. The van der Waals surface area contributed by atoms with Crippen LogP contribution in [0.5, 0.6) is 0 Å². The highest BCUT2D eigenvalue weighted by atomic mass is 16.6. The Kier molecular flexibility index (Phi) is 5.19. The summed E-state index contributed by atoms with van der Waals surface area (Å²) in [4.78, 5) is 14.6. The van der Waals surface area contributed by atoms with Gasteiger partial charge in [-0.1, -0.05) is 19.3 Å². The van der Waals surface area contributed by atoms with Gasteiger partial charge in [-0.05, 0) is 65.2 Å². The van der Waals surface area contributed by atoms with Crippen LogP contribution in [0.15, 0.2) is 0 Å². The molecule has 1 aliphatic heterocycles. The summed E-state index contributed by atoms with van der Waals surface area (Å²) in [5.41, 5.74) is -0.402. The first kappa shape index (κ1) is 17.1. The zero-order valence-electron chi connectivity index (χ0n) is 15.1. The van der Waals surface area contributed by atoms with Gasteiger partial charge in [-0.3, -0.25) is 0 Å². The van der Waals surface area contributed by atoms with Gasteiger partial charge in [0.15, 0.2) is 0 Å². The van der Waals surface area contributed by atoms with Crippen LogP contribution >= 0.6 is 0 Å². The van der Waals surface area contributed by atoms with E-state index in [0.717, 1.165) is 25.4 Å². The van der Waals surface area contributed by atoms with Crippen molar-refractivity contribution in [2.75, 3.05) is 6.54 Å². The van der Waals surface area contributed by atoms with Gasteiger partial charge in [0.25, 0.3) is 0 Å². The van der Waals surface area contributed by atoms with Crippen molar-refractivity contribution >= 4 is 6.09 Å². The average molecular weight is 322 g/mol. The van der Waals surface area contributed by atoms with Gasteiger partial charge in [-0.25, -0.2) is 4.79 Å². The summed E-state index contributed by atoms with van der Waals surface area (Å²) in [7, 11) is 0. The molecule has 3 unspecified atom stereocenters. The molecule has 23 heavy (non-hydrogen) atoms. The Labute approximate surface area is 141 Å². The van der Waals surface area contributed by atoms with E-state index in [4.69, 9.17) is 4.74 Å². The van der Waals surface area contributed by atoms with Crippen LogP contribution in [0.2, 0.25) is 0 Å². The molecule has 1 N–H and O–H groups in total. The average Bonchev–Trinajstić information content (AvgIpc) is 2.91. The zero-order valence-corrected chi connectivity index (χ0v) is 15.1. The lowest BCUT2D eigenvalue weighted by Gasteiger charge is -2.43. The van der Waals surface area contributed by atoms with Crippen molar-refractivity contribution in [2.24, 2.45) is 5.92 Å². The van der Waals surface area contributed by atoms with Crippen LogP contribution in [0.4, 0.5) is 4.79 Å². The minimum absolute atomic E-state index is 0.104. The molecule has 0 aromatic heterocycles. The molecule has 3 atom stereocenters. The smallest absolute Gasteiger partial charge is 0.410 e. The number of hydrogen-bond donors (Lipinski definition) is 1. The summed E-state index contributed by atoms with van der Waals surface area (Å²) in [5, 5.41) is 3.91. The summed E-state index contributed by atoms with van der Waals surface area (Å²) in [6, 6.07) is 1.71. The first-order valence-electron chi connectivity index (χ1n) is 9.70. The number of nitrogens with zero attached hydrogens (tertiary/aromatic N) is 1. The predicted molar refractivity (Wildman–Crippen MR) is 92.5 cm³/mol. The number of carbonyl (C=O) groups is 1. The predicted octanol–water partition coefficient (Wildman–Crippen LogP) is 4.09. The van der Waals surface area contributed by atoms with E-state index in [9.17, 15) is 4.79 Å². The molecule has 2 saturated carbocycles. The fourth-order valence-electron chi connectivity index (χ4n) is 4.49. The molecule has 3 fully saturated rings. The summed E-state index contributed by atoms with van der Waals surface area (Å²) >= 11 is 0. The highest BCUT2D eigenvalue weighted by molar-refractivity contribution is 5.69. The Morgan fingerprint density at radius 2 is 1.74 bits per heavy atom. The highest BCUT2D eigenvalue weighted by Crippen LogP contribution is 2.36. The Morgan fingerprint density at radius 1 is 1.00 bits per heavy atom. The third kappa shape index (κ3) is 4.20. The van der Waals surface area contributed by atoms with Crippen molar-refractivity contribution in [1.82, 2.24) is 10.2 Å². The van der Waals surface area contributed by atoms with E-state index in [0.29, 0.717) is 18.0 Å². The standard InChI is InChI=1S/C19H34N2O2/c1-19(2,3)23-18(22)21-13-7-12-17(21)15-10-4-5-11-16(15)20-14-8-6-9-14/h14-17,20H,4-13H2,1-3H3. The van der Waals surface area contributed by atoms with Crippen LogP contribution in [0.25, 0.3) is 0 Å². The van der Waals surface area contributed by atoms with Crippen LogP contribution < -0.4 is 5.32 Å². The lowest BCUT2D eigenvalue weighted by molar-refractivity contribution is 0.0125. The Balaban J connectivity index is 1.65. The van der Waals surface area contributed by atoms with Crippen LogP contribution in [0, 0.1) is 5.92 Å². The van der Waals surface area contributed by atoms with E-state index < -0.39 is 5.60 Å². The Bertz CT molecular complexity index is 414. The van der Waals surface area contributed by atoms with E-state index in [1.54, 1.807) is 0 Å². The van der Waals surface area contributed by atoms with Crippen molar-refractivity contribution in [3.05, 3.63) is 0 Å². The minimum atomic E-state index is -0.402. The molecule has 1 amide bonds. The number of likely N-dealkylation sites (tertiary alicyclic amines) is 1. The van der Waals surface area contributed by atoms with Gasteiger partial charge in [-0.15, -0.1) is 0 Å². The van der Waals surface area contributed by atoms with Crippen LogP contribution in [0.3, 0.4) is 0 Å². The lowest BCUT2D eigenvalue weighted by Crippen LogP contribution is -2.53. The molecule has 3 rings (SSSR count). The molecule has 4 nitrogen and oxygen atoms in total. The number of carbonyl (C=O) groups excluding carboxylic acids is 1. The van der Waals surface area contributed by atoms with Crippen molar-refractivity contribution in [3.63, 3.8) is 0 Å². The molecule has 0 aromatic rings. The fraction of sp³-hybridized carbons (Fsp3) is 0.947. The van der Waals surface area contributed by atoms with E-state index in [-0.39, 0.29) is 6.09 Å². The maximum Gasteiger partial charge on any atom is 0.410 e. The van der Waals surface area contributed by atoms with E-state index in [1.165, 1.54) is 44.9 Å². The third-order valence-electron chi connectivity index (χ3n) is 5.80. The number of hydrogen-bond acceptors (Lipinski definition) is 3. The summed E-state index contributed by atoms with van der Waals surface area (Å²) < 4.78 is 5.66. The topological polar surface area (TPSA) is 41.6 Å². The highest BCUT2D eigenvalue weighted by Gasteiger charge is 2.41. The Morgan fingerprint density at radius 3 is 2.39 bits per heavy atom. The molecule has 3 aliphatic rings. The normalized spacial score (nSPS) is 32.7. The molecule has 0 radical (unpaired) electrons. The fourth-order valence-corrected chi connectivity index (χ4v) is 4.49. The number of rotatable bonds is 3. The molecule has 0 bridgehead atoms. The van der Waals surface area contributed by atoms with Gasteiger partial charge in [-0.2, -0.15) is 0 Å². The largest absolute Gasteiger partial charge is 0.444 e. The molecule has 1 heterocycles. The second-order valence-electron chi connectivity index (χ2n) is 8.73. The van der Waals surface area contributed by atoms with E-state index in [1.807, 2.05) is 25.7 Å². The molecule has 0 aromatic carbocycles. The third-order valence-corrected chi connectivity index (χ3v) is 5.80. The van der Waals surface area contributed by atoms with Gasteiger partial charge >= 0.3 is 6.09 Å². The minimum Gasteiger partial charge on any atom is -0.444 e. The Hall–Kier alpha value is -0.770. The van der Waals surface area contributed by atoms with Gasteiger partial charge in [0.05, 0.1) is 0 Å². The summed E-state index contributed by atoms with van der Waals surface area (Å²) in [6.07, 6.45) is 11.4.